The van der Waals surface area contributed by atoms with E-state index in [9.17, 15) is 23.1 Å². The van der Waals surface area contributed by atoms with Crippen molar-refractivity contribution in [3.8, 4) is 17.1 Å². The summed E-state index contributed by atoms with van der Waals surface area (Å²) in [5.74, 6) is 0.478. The predicted octanol–water partition coefficient (Wildman–Crippen LogP) is 6.92. The number of hydrogen-bond donors (Lipinski definition) is 2. The van der Waals surface area contributed by atoms with Crippen LogP contribution in [0.3, 0.4) is 0 Å². The topological polar surface area (TPSA) is 96.7 Å². The van der Waals surface area contributed by atoms with Gasteiger partial charge in [0, 0.05) is 29.6 Å². The summed E-state index contributed by atoms with van der Waals surface area (Å²) in [7, 11) is 0. The van der Waals surface area contributed by atoms with Gasteiger partial charge in [-0.3, -0.25) is 4.79 Å². The molecule has 2 N–H and O–H groups in total. The average molecular weight is 551 g/mol. The number of aliphatic imine (C=N–C) groups is 1. The average Bonchev–Trinajstić information content (AvgIpc) is 3.27. The van der Waals surface area contributed by atoms with E-state index in [0.29, 0.717) is 12.8 Å². The van der Waals surface area contributed by atoms with E-state index < -0.39 is 24.0 Å². The van der Waals surface area contributed by atoms with Gasteiger partial charge in [0.2, 0.25) is 0 Å². The van der Waals surface area contributed by atoms with Crippen LogP contribution >= 0.6 is 0 Å². The largest absolute Gasteiger partial charge is 0.481 e. The van der Waals surface area contributed by atoms with Crippen LogP contribution in [0.5, 0.6) is 6.01 Å². The number of nitrogens with zero attached hydrogens (tertiary/aromatic N) is 3. The highest BCUT2D eigenvalue weighted by molar-refractivity contribution is 6.00. The molecule has 2 bridgehead atoms. The molecule has 40 heavy (non-hydrogen) atoms. The van der Waals surface area contributed by atoms with Gasteiger partial charge in [0.15, 0.2) is 0 Å². The molecule has 2 fully saturated rings. The Labute approximate surface area is 229 Å². The zero-order chi connectivity index (χ0) is 27.9. The van der Waals surface area contributed by atoms with Crippen molar-refractivity contribution in [1.29, 1.82) is 0 Å². The number of hydrogen-bond acceptors (Lipinski definition) is 6. The summed E-state index contributed by atoms with van der Waals surface area (Å²) in [6, 6.07) is 12.8. The molecule has 4 aliphatic rings. The fourth-order valence-electron chi connectivity index (χ4n) is 5.93. The molecular weight excluding hydrogens is 521 g/mol. The van der Waals surface area contributed by atoms with Gasteiger partial charge in [-0.05, 0) is 66.5 Å². The van der Waals surface area contributed by atoms with Gasteiger partial charge in [-0.15, -0.1) is 0 Å². The van der Waals surface area contributed by atoms with Crippen molar-refractivity contribution in [2.45, 2.75) is 57.0 Å². The number of carboxylic acids is 1. The molecule has 0 unspecified atom stereocenters. The third-order valence-electron chi connectivity index (χ3n) is 8.31. The van der Waals surface area contributed by atoms with Crippen molar-refractivity contribution < 1.29 is 27.8 Å². The summed E-state index contributed by atoms with van der Waals surface area (Å²) in [6.45, 7) is 0.0624. The van der Waals surface area contributed by atoms with Crippen molar-refractivity contribution >= 4 is 23.2 Å². The number of rotatable bonds is 7. The van der Waals surface area contributed by atoms with E-state index in [1.807, 2.05) is 24.3 Å². The first-order valence-electron chi connectivity index (χ1n) is 13.5. The Morgan fingerprint density at radius 2 is 1.70 bits per heavy atom. The maximum Gasteiger partial charge on any atom is 0.393 e. The molecule has 0 amide bonds. The molecule has 10 heteroatoms. The minimum atomic E-state index is -4.23. The van der Waals surface area contributed by atoms with Gasteiger partial charge in [-0.25, -0.2) is 15.0 Å². The van der Waals surface area contributed by atoms with E-state index in [1.54, 1.807) is 24.5 Å². The van der Waals surface area contributed by atoms with Crippen LogP contribution in [0.2, 0.25) is 0 Å². The molecular formula is C30H29F3N4O3. The quantitative estimate of drug-likeness (QED) is 0.331. The molecule has 3 heterocycles. The minimum Gasteiger partial charge on any atom is -0.481 e. The Hall–Kier alpha value is -3.95. The molecule has 0 spiro atoms. The number of nitrogens with one attached hydrogen (secondary N) is 1. The van der Waals surface area contributed by atoms with E-state index in [1.165, 1.54) is 6.07 Å². The van der Waals surface area contributed by atoms with Crippen molar-refractivity contribution in [3.63, 3.8) is 0 Å². The van der Waals surface area contributed by atoms with Crippen LogP contribution in [0.4, 0.5) is 24.5 Å². The first-order chi connectivity index (χ1) is 19.2. The Morgan fingerprint density at radius 3 is 2.35 bits per heavy atom. The van der Waals surface area contributed by atoms with Crippen molar-refractivity contribution in [2.75, 3.05) is 11.9 Å². The third-order valence-corrected chi connectivity index (χ3v) is 8.31. The van der Waals surface area contributed by atoms with Gasteiger partial charge in [-0.1, -0.05) is 37.1 Å². The number of carboxylic acid groups (broad SMARTS) is 1. The number of carbonyl (C=O) groups is 1. The number of anilines is 1. The molecule has 2 aromatic carbocycles. The predicted molar refractivity (Wildman–Crippen MR) is 144 cm³/mol. The lowest BCUT2D eigenvalue weighted by atomic mass is 9.71. The lowest BCUT2D eigenvalue weighted by molar-refractivity contribution is -0.150. The number of aromatic nitrogens is 2. The molecule has 2 saturated carbocycles. The first-order valence-corrected chi connectivity index (χ1v) is 13.5. The maximum absolute atomic E-state index is 12.9. The summed E-state index contributed by atoms with van der Waals surface area (Å²) >= 11 is 0. The molecule has 0 radical (unpaired) electrons. The van der Waals surface area contributed by atoms with Crippen LogP contribution in [-0.4, -0.2) is 39.7 Å². The molecule has 1 aromatic heterocycles. The third kappa shape index (κ3) is 5.39. The number of benzene rings is 2. The van der Waals surface area contributed by atoms with Crippen molar-refractivity contribution in [1.82, 2.24) is 9.97 Å². The van der Waals surface area contributed by atoms with E-state index in [0.717, 1.165) is 59.6 Å². The monoisotopic (exact) mass is 550 g/mol. The minimum absolute atomic E-state index is 0.0624. The standard InChI is InChI=1S/C30H29F3N4O3/c31-30(32,33)14-18-3-8-25-24(11-18)20-12-21(13-20)26(37-25)36-23-6-4-19(5-7-23)22-15-34-28(35-16-22)40-17-29(27(38)39)9-1-2-10-29/h3-8,11,15-16,20-21H,1-2,9-10,12-14,17H2,(H,36,37)(H,38,39). The number of alkyl halides is 3. The number of amidine groups is 1. The number of ether oxygens (including phenoxy) is 1. The lowest BCUT2D eigenvalue weighted by Gasteiger charge is -2.34. The van der Waals surface area contributed by atoms with Crippen LogP contribution in [-0.2, 0) is 11.2 Å². The molecule has 2 aliphatic carbocycles. The Morgan fingerprint density at radius 1 is 1.00 bits per heavy atom. The summed E-state index contributed by atoms with van der Waals surface area (Å²) in [5, 5.41) is 13.0. The number of halogens is 3. The normalized spacial score (nSPS) is 21.0. The highest BCUT2D eigenvalue weighted by atomic mass is 19.4. The Kier molecular flexibility index (Phi) is 6.72. The van der Waals surface area contributed by atoms with E-state index in [4.69, 9.17) is 9.73 Å². The molecule has 7 nitrogen and oxygen atoms in total. The molecule has 208 valence electrons. The molecule has 7 rings (SSSR count). The summed E-state index contributed by atoms with van der Waals surface area (Å²) in [5.41, 5.74) is 3.62. The van der Waals surface area contributed by atoms with Crippen LogP contribution in [0, 0.1) is 11.3 Å². The van der Waals surface area contributed by atoms with Gasteiger partial charge in [0.05, 0.1) is 12.1 Å². The fraction of sp³-hybridized carbons (Fsp3) is 0.400. The molecule has 2 aliphatic heterocycles. The van der Waals surface area contributed by atoms with Crippen molar-refractivity contribution in [3.05, 3.63) is 66.0 Å². The zero-order valence-electron chi connectivity index (χ0n) is 21.7. The number of aliphatic carboxylic acids is 1. The Balaban J connectivity index is 1.11. The van der Waals surface area contributed by atoms with Gasteiger partial charge >= 0.3 is 18.2 Å². The van der Waals surface area contributed by atoms with Crippen LogP contribution < -0.4 is 10.1 Å². The first kappa shape index (κ1) is 26.3. The summed E-state index contributed by atoms with van der Waals surface area (Å²) in [6.07, 6.45) is 2.85. The van der Waals surface area contributed by atoms with E-state index >= 15 is 0 Å². The second kappa shape index (κ2) is 10.2. The van der Waals surface area contributed by atoms with Gasteiger partial charge in [0.1, 0.15) is 17.9 Å². The summed E-state index contributed by atoms with van der Waals surface area (Å²) < 4.78 is 44.3. The van der Waals surface area contributed by atoms with Gasteiger partial charge < -0.3 is 15.2 Å². The second-order valence-corrected chi connectivity index (χ2v) is 11.1. The maximum atomic E-state index is 12.9. The van der Waals surface area contributed by atoms with Gasteiger partial charge in [0.25, 0.3) is 0 Å². The molecule has 0 saturated heterocycles. The van der Waals surface area contributed by atoms with Crippen LogP contribution in [0.25, 0.3) is 11.1 Å². The van der Waals surface area contributed by atoms with Crippen LogP contribution in [0.1, 0.15) is 55.6 Å². The lowest BCUT2D eigenvalue weighted by Crippen LogP contribution is -2.34. The zero-order valence-corrected chi connectivity index (χ0v) is 21.7. The van der Waals surface area contributed by atoms with Crippen molar-refractivity contribution in [2.24, 2.45) is 16.3 Å². The Bertz CT molecular complexity index is 1430. The highest BCUT2D eigenvalue weighted by Gasteiger charge is 2.42. The van der Waals surface area contributed by atoms with E-state index in [2.05, 4.69) is 15.3 Å². The van der Waals surface area contributed by atoms with E-state index in [-0.39, 0.29) is 30.0 Å². The molecule has 3 aromatic rings. The van der Waals surface area contributed by atoms with Gasteiger partial charge in [-0.2, -0.15) is 13.2 Å². The molecule has 0 atom stereocenters. The second-order valence-electron chi connectivity index (χ2n) is 11.1. The smallest absolute Gasteiger partial charge is 0.393 e. The van der Waals surface area contributed by atoms with Crippen LogP contribution in [0.15, 0.2) is 59.9 Å². The SMILES string of the molecule is O=C(O)C1(COc2ncc(-c3ccc(NC4=Nc5ccc(CC(F)(F)F)cc5C5CC4C5)cc3)cn2)CCCC1. The summed E-state index contributed by atoms with van der Waals surface area (Å²) in [4.78, 5) is 25.1. The highest BCUT2D eigenvalue weighted by Crippen LogP contribution is 2.49. The fourth-order valence-corrected chi connectivity index (χ4v) is 5.93.